The largest absolute Gasteiger partial charge is 0.361 e. The Hall–Kier alpha value is -2.41. The second-order valence-electron chi connectivity index (χ2n) is 7.93. The van der Waals surface area contributed by atoms with Crippen molar-refractivity contribution in [2.75, 3.05) is 50.7 Å². The van der Waals surface area contributed by atoms with E-state index in [-0.39, 0.29) is 5.91 Å². The zero-order valence-corrected chi connectivity index (χ0v) is 16.8. The van der Waals surface area contributed by atoms with Gasteiger partial charge in [-0.25, -0.2) is 4.98 Å². The lowest BCUT2D eigenvalue weighted by atomic mass is 9.96. The number of hydrogen-bond acceptors (Lipinski definition) is 6. The Bertz CT molecular complexity index is 779. The van der Waals surface area contributed by atoms with Gasteiger partial charge in [0.15, 0.2) is 0 Å². The number of carbonyl (C=O) groups is 1. The standard InChI is InChI=1S/C21H29N5O2/c1-16-20(17(2)28-23-16)21(27)26-9-5-6-18(15-26)14-24-10-12-25(13-11-24)19-7-3-4-8-22-19/h3-4,7-8,18H,5-6,9-15H2,1-2H3. The van der Waals surface area contributed by atoms with E-state index in [1.54, 1.807) is 0 Å². The predicted molar refractivity (Wildman–Crippen MR) is 107 cm³/mol. The quantitative estimate of drug-likeness (QED) is 0.808. The molecule has 0 saturated carbocycles. The van der Waals surface area contributed by atoms with Crippen LogP contribution in [0.4, 0.5) is 5.82 Å². The molecule has 1 unspecified atom stereocenters. The number of rotatable bonds is 4. The second-order valence-corrected chi connectivity index (χ2v) is 7.93. The number of aromatic nitrogens is 2. The van der Waals surface area contributed by atoms with Crippen LogP contribution in [-0.4, -0.2) is 71.7 Å². The van der Waals surface area contributed by atoms with E-state index in [2.05, 4.69) is 26.0 Å². The van der Waals surface area contributed by atoms with Gasteiger partial charge >= 0.3 is 0 Å². The third kappa shape index (κ3) is 4.04. The normalized spacial score (nSPS) is 21.1. The molecule has 2 aromatic heterocycles. The van der Waals surface area contributed by atoms with Crippen molar-refractivity contribution in [3.63, 3.8) is 0 Å². The van der Waals surface area contributed by atoms with Crippen LogP contribution in [0.5, 0.6) is 0 Å². The summed E-state index contributed by atoms with van der Waals surface area (Å²) in [5.41, 5.74) is 1.33. The van der Waals surface area contributed by atoms with Crippen LogP contribution in [0.2, 0.25) is 0 Å². The van der Waals surface area contributed by atoms with Gasteiger partial charge in [0.05, 0.1) is 5.69 Å². The molecular formula is C21H29N5O2. The Labute approximate surface area is 166 Å². The first kappa shape index (κ1) is 18.9. The third-order valence-corrected chi connectivity index (χ3v) is 5.92. The van der Waals surface area contributed by atoms with E-state index >= 15 is 0 Å². The maximum absolute atomic E-state index is 12.9. The Kier molecular flexibility index (Phi) is 5.62. The molecule has 0 aromatic carbocycles. The van der Waals surface area contributed by atoms with Crippen molar-refractivity contribution in [3.8, 4) is 0 Å². The van der Waals surface area contributed by atoms with Crippen LogP contribution in [0, 0.1) is 19.8 Å². The van der Waals surface area contributed by atoms with Gasteiger partial charge in [-0.1, -0.05) is 11.2 Å². The van der Waals surface area contributed by atoms with Gasteiger partial charge in [0.1, 0.15) is 17.1 Å². The van der Waals surface area contributed by atoms with E-state index in [1.165, 1.54) is 6.42 Å². The van der Waals surface area contributed by atoms with Crippen LogP contribution < -0.4 is 4.90 Å². The molecule has 7 heteroatoms. The number of hydrogen-bond donors (Lipinski definition) is 0. The van der Waals surface area contributed by atoms with Gasteiger partial charge in [0.25, 0.3) is 5.91 Å². The Morgan fingerprint density at radius 1 is 1.18 bits per heavy atom. The van der Waals surface area contributed by atoms with Crippen molar-refractivity contribution >= 4 is 11.7 Å². The van der Waals surface area contributed by atoms with Crippen molar-refractivity contribution in [3.05, 3.63) is 41.4 Å². The molecule has 2 aliphatic rings. The molecule has 0 spiro atoms. The van der Waals surface area contributed by atoms with E-state index in [9.17, 15) is 4.79 Å². The van der Waals surface area contributed by atoms with Gasteiger partial charge < -0.3 is 14.3 Å². The average Bonchev–Trinajstić information content (AvgIpc) is 3.07. The minimum atomic E-state index is 0.0703. The van der Waals surface area contributed by atoms with Crippen LogP contribution in [0.15, 0.2) is 28.9 Å². The summed E-state index contributed by atoms with van der Waals surface area (Å²) >= 11 is 0. The van der Waals surface area contributed by atoms with Gasteiger partial charge in [0.2, 0.25) is 0 Å². The number of piperidine rings is 1. The number of aryl methyl sites for hydroxylation is 2. The van der Waals surface area contributed by atoms with E-state index in [1.807, 2.05) is 37.1 Å². The first-order chi connectivity index (χ1) is 13.6. The Balaban J connectivity index is 1.31. The van der Waals surface area contributed by atoms with Crippen molar-refractivity contribution in [2.45, 2.75) is 26.7 Å². The molecule has 2 fully saturated rings. The maximum atomic E-state index is 12.9. The van der Waals surface area contributed by atoms with Crippen molar-refractivity contribution in [1.82, 2.24) is 19.9 Å². The van der Waals surface area contributed by atoms with Gasteiger partial charge in [-0.3, -0.25) is 9.69 Å². The summed E-state index contributed by atoms with van der Waals surface area (Å²) < 4.78 is 5.19. The topological polar surface area (TPSA) is 65.7 Å². The lowest BCUT2D eigenvalue weighted by Crippen LogP contribution is -2.50. The lowest BCUT2D eigenvalue weighted by molar-refractivity contribution is 0.0635. The highest BCUT2D eigenvalue weighted by Gasteiger charge is 2.29. The highest BCUT2D eigenvalue weighted by atomic mass is 16.5. The molecule has 150 valence electrons. The Morgan fingerprint density at radius 2 is 2.00 bits per heavy atom. The number of carbonyl (C=O) groups excluding carboxylic acids is 1. The number of anilines is 1. The predicted octanol–water partition coefficient (Wildman–Crippen LogP) is 2.36. The van der Waals surface area contributed by atoms with Crippen LogP contribution in [0.3, 0.4) is 0 Å². The highest BCUT2D eigenvalue weighted by Crippen LogP contribution is 2.23. The third-order valence-electron chi connectivity index (χ3n) is 5.92. The summed E-state index contributed by atoms with van der Waals surface area (Å²) in [6.07, 6.45) is 4.10. The van der Waals surface area contributed by atoms with Gasteiger partial charge in [-0.2, -0.15) is 0 Å². The fourth-order valence-electron chi connectivity index (χ4n) is 4.41. The van der Waals surface area contributed by atoms with Crippen molar-refractivity contribution < 1.29 is 9.32 Å². The molecule has 4 heterocycles. The zero-order valence-electron chi connectivity index (χ0n) is 16.8. The fourth-order valence-corrected chi connectivity index (χ4v) is 4.41. The molecule has 7 nitrogen and oxygen atoms in total. The minimum absolute atomic E-state index is 0.0703. The molecule has 0 radical (unpaired) electrons. The van der Waals surface area contributed by atoms with E-state index < -0.39 is 0 Å². The van der Waals surface area contributed by atoms with Gasteiger partial charge in [-0.15, -0.1) is 0 Å². The molecule has 2 aliphatic heterocycles. The molecule has 4 rings (SSSR count). The van der Waals surface area contributed by atoms with Crippen LogP contribution in [0.1, 0.15) is 34.7 Å². The summed E-state index contributed by atoms with van der Waals surface area (Å²) in [5.74, 6) is 2.28. The number of nitrogens with zero attached hydrogens (tertiary/aromatic N) is 5. The van der Waals surface area contributed by atoms with E-state index in [4.69, 9.17) is 4.52 Å². The first-order valence-corrected chi connectivity index (χ1v) is 10.2. The molecule has 1 atom stereocenters. The van der Waals surface area contributed by atoms with Gasteiger partial charge in [-0.05, 0) is 44.7 Å². The smallest absolute Gasteiger partial charge is 0.259 e. The van der Waals surface area contributed by atoms with E-state index in [0.717, 1.165) is 58.1 Å². The molecular weight excluding hydrogens is 354 g/mol. The number of pyridine rings is 1. The second kappa shape index (κ2) is 8.31. The minimum Gasteiger partial charge on any atom is -0.361 e. The lowest BCUT2D eigenvalue weighted by Gasteiger charge is -2.39. The van der Waals surface area contributed by atoms with Crippen LogP contribution in [-0.2, 0) is 0 Å². The monoisotopic (exact) mass is 383 g/mol. The molecule has 28 heavy (non-hydrogen) atoms. The molecule has 2 aromatic rings. The first-order valence-electron chi connectivity index (χ1n) is 10.2. The van der Waals surface area contributed by atoms with Crippen molar-refractivity contribution in [2.24, 2.45) is 5.92 Å². The summed E-state index contributed by atoms with van der Waals surface area (Å²) in [7, 11) is 0. The average molecular weight is 383 g/mol. The SMILES string of the molecule is Cc1noc(C)c1C(=O)N1CCCC(CN2CCN(c3ccccn3)CC2)C1. The molecule has 0 N–H and O–H groups in total. The van der Waals surface area contributed by atoms with E-state index in [0.29, 0.717) is 22.9 Å². The maximum Gasteiger partial charge on any atom is 0.259 e. The molecule has 1 amide bonds. The number of amides is 1. The highest BCUT2D eigenvalue weighted by molar-refractivity contribution is 5.96. The van der Waals surface area contributed by atoms with Crippen molar-refractivity contribution in [1.29, 1.82) is 0 Å². The summed E-state index contributed by atoms with van der Waals surface area (Å²) in [5, 5.41) is 3.94. The summed E-state index contributed by atoms with van der Waals surface area (Å²) in [4.78, 5) is 24.3. The number of piperazine rings is 1. The molecule has 0 bridgehead atoms. The molecule has 2 saturated heterocycles. The fraction of sp³-hybridized carbons (Fsp3) is 0.571. The van der Waals surface area contributed by atoms with Gasteiger partial charge in [0, 0.05) is 52.0 Å². The summed E-state index contributed by atoms with van der Waals surface area (Å²) in [6.45, 7) is 10.5. The van der Waals surface area contributed by atoms with Crippen LogP contribution in [0.25, 0.3) is 0 Å². The Morgan fingerprint density at radius 3 is 2.68 bits per heavy atom. The molecule has 0 aliphatic carbocycles. The zero-order chi connectivity index (χ0) is 19.5. The number of likely N-dealkylation sites (tertiary alicyclic amines) is 1. The summed E-state index contributed by atoms with van der Waals surface area (Å²) in [6, 6.07) is 6.08. The van der Waals surface area contributed by atoms with Crippen LogP contribution >= 0.6 is 0 Å².